The predicted octanol–water partition coefficient (Wildman–Crippen LogP) is 3.17. The third-order valence-electron chi connectivity index (χ3n) is 4.06. The Kier molecular flexibility index (Phi) is 5.61. The van der Waals surface area contributed by atoms with E-state index < -0.39 is 0 Å². The number of thioether (sulfide) groups is 1. The Balaban J connectivity index is 1.47. The second-order valence-electron chi connectivity index (χ2n) is 6.16. The van der Waals surface area contributed by atoms with Gasteiger partial charge in [0.25, 0.3) is 0 Å². The molecule has 3 N–H and O–H groups in total. The van der Waals surface area contributed by atoms with Crippen molar-refractivity contribution in [3.8, 4) is 5.69 Å². The molecule has 2 aromatic heterocycles. The lowest BCUT2D eigenvalue weighted by molar-refractivity contribution is 0.777. The first-order valence-electron chi connectivity index (χ1n) is 8.97. The number of anilines is 3. The molecule has 29 heavy (non-hydrogen) atoms. The van der Waals surface area contributed by atoms with Crippen LogP contribution in [0.4, 0.5) is 17.6 Å². The summed E-state index contributed by atoms with van der Waals surface area (Å²) in [5, 5.41) is 15.1. The predicted molar refractivity (Wildman–Crippen MR) is 113 cm³/mol. The summed E-state index contributed by atoms with van der Waals surface area (Å²) in [6.07, 6.45) is 0. The molecule has 9 nitrogen and oxygen atoms in total. The highest BCUT2D eigenvalue weighted by Gasteiger charge is 2.16. The maximum absolute atomic E-state index is 5.89. The van der Waals surface area contributed by atoms with Crippen LogP contribution in [-0.2, 0) is 5.75 Å². The fraction of sp³-hybridized carbons (Fsp3) is 0.158. The summed E-state index contributed by atoms with van der Waals surface area (Å²) in [5.74, 6) is 2.53. The van der Waals surface area contributed by atoms with Crippen LogP contribution >= 0.6 is 11.8 Å². The van der Waals surface area contributed by atoms with E-state index in [1.165, 1.54) is 0 Å². The van der Waals surface area contributed by atoms with Crippen LogP contribution in [0.2, 0.25) is 0 Å². The van der Waals surface area contributed by atoms with E-state index in [2.05, 4.69) is 35.8 Å². The van der Waals surface area contributed by atoms with Gasteiger partial charge in [0.2, 0.25) is 11.9 Å². The molecular weight excluding hydrogens is 386 g/mol. The van der Waals surface area contributed by atoms with Gasteiger partial charge in [-0.15, -0.1) is 16.9 Å². The van der Waals surface area contributed by atoms with Gasteiger partial charge in [0.15, 0.2) is 5.82 Å². The minimum absolute atomic E-state index is 0.0300. The van der Waals surface area contributed by atoms with Crippen molar-refractivity contribution in [3.63, 3.8) is 0 Å². The van der Waals surface area contributed by atoms with Crippen molar-refractivity contribution in [2.75, 3.05) is 11.1 Å². The number of nitrogens with zero attached hydrogens (tertiary/aromatic N) is 7. The van der Waals surface area contributed by atoms with Gasteiger partial charge in [0.1, 0.15) is 5.82 Å². The number of benzene rings is 2. The Labute approximate surface area is 171 Å². The molecular formula is C19H19N9S. The van der Waals surface area contributed by atoms with E-state index in [1.807, 2.05) is 67.6 Å². The fourth-order valence-corrected chi connectivity index (χ4v) is 3.47. The fourth-order valence-electron chi connectivity index (χ4n) is 2.64. The first kappa shape index (κ1) is 18.8. The van der Waals surface area contributed by atoms with Crippen LogP contribution in [0.3, 0.4) is 0 Å². The summed E-state index contributed by atoms with van der Waals surface area (Å²) < 4.78 is 1.73. The van der Waals surface area contributed by atoms with Crippen LogP contribution < -0.4 is 11.1 Å². The van der Waals surface area contributed by atoms with E-state index >= 15 is 0 Å². The molecule has 0 spiro atoms. The third-order valence-corrected chi connectivity index (χ3v) is 5.20. The number of aromatic nitrogens is 7. The zero-order valence-electron chi connectivity index (χ0n) is 15.7. The Bertz CT molecular complexity index is 1070. The monoisotopic (exact) mass is 405 g/mol. The van der Waals surface area contributed by atoms with E-state index in [4.69, 9.17) is 5.73 Å². The van der Waals surface area contributed by atoms with Gasteiger partial charge in [-0.05, 0) is 41.6 Å². The van der Waals surface area contributed by atoms with Crippen molar-refractivity contribution in [2.45, 2.75) is 17.9 Å². The molecule has 0 radical (unpaired) electrons. The summed E-state index contributed by atoms with van der Waals surface area (Å²) >= 11 is 1.62. The highest BCUT2D eigenvalue weighted by atomic mass is 32.2. The van der Waals surface area contributed by atoms with Gasteiger partial charge in [0.05, 0.1) is 16.7 Å². The molecule has 10 heteroatoms. The molecule has 1 atom stereocenters. The minimum Gasteiger partial charge on any atom is -0.368 e. The van der Waals surface area contributed by atoms with E-state index in [0.29, 0.717) is 17.5 Å². The van der Waals surface area contributed by atoms with Crippen molar-refractivity contribution in [3.05, 3.63) is 72.3 Å². The van der Waals surface area contributed by atoms with Crippen molar-refractivity contribution < 1.29 is 0 Å². The van der Waals surface area contributed by atoms with Crippen molar-refractivity contribution in [1.82, 2.24) is 35.2 Å². The number of rotatable bonds is 7. The average Bonchev–Trinajstić information content (AvgIpc) is 3.21. The first-order valence-corrected chi connectivity index (χ1v) is 10.0. The second-order valence-corrected chi connectivity index (χ2v) is 7.49. The molecule has 0 saturated heterocycles. The highest BCUT2D eigenvalue weighted by Crippen LogP contribution is 2.29. The summed E-state index contributed by atoms with van der Waals surface area (Å²) in [7, 11) is 0. The molecule has 1 unspecified atom stereocenters. The van der Waals surface area contributed by atoms with Crippen molar-refractivity contribution >= 4 is 29.3 Å². The average molecular weight is 405 g/mol. The molecule has 0 bridgehead atoms. The standard InChI is InChI=1S/C19H19N9S/c1-13(29-12-16-25-26-27-28(16)15-10-6-3-7-11-15)17-22-18(20)24-19(23-17)21-14-8-4-2-5-9-14/h2-11,13H,12H2,1H3,(H3,20,21,22,23,24). The molecule has 2 aromatic carbocycles. The van der Waals surface area contributed by atoms with Gasteiger partial charge in [-0.1, -0.05) is 36.4 Å². The minimum atomic E-state index is -0.0300. The Morgan fingerprint density at radius 1 is 1.00 bits per heavy atom. The number of para-hydroxylation sites is 2. The lowest BCUT2D eigenvalue weighted by Gasteiger charge is -2.12. The summed E-state index contributed by atoms with van der Waals surface area (Å²) in [4.78, 5) is 13.0. The quantitative estimate of drug-likeness (QED) is 0.477. The maximum Gasteiger partial charge on any atom is 0.232 e. The smallest absolute Gasteiger partial charge is 0.232 e. The van der Waals surface area contributed by atoms with Gasteiger partial charge in [0, 0.05) is 5.69 Å². The van der Waals surface area contributed by atoms with Crippen LogP contribution in [0.1, 0.15) is 23.8 Å². The largest absolute Gasteiger partial charge is 0.368 e. The molecule has 0 amide bonds. The Morgan fingerprint density at radius 2 is 1.72 bits per heavy atom. The topological polar surface area (TPSA) is 120 Å². The lowest BCUT2D eigenvalue weighted by Crippen LogP contribution is -2.09. The first-order chi connectivity index (χ1) is 14.2. The highest BCUT2D eigenvalue weighted by molar-refractivity contribution is 7.98. The molecule has 0 aliphatic rings. The number of tetrazole rings is 1. The summed E-state index contributed by atoms with van der Waals surface area (Å²) in [5.41, 5.74) is 7.69. The zero-order chi connectivity index (χ0) is 20.1. The van der Waals surface area contributed by atoms with Crippen molar-refractivity contribution in [2.24, 2.45) is 0 Å². The molecule has 0 saturated carbocycles. The molecule has 0 fully saturated rings. The van der Waals surface area contributed by atoms with Crippen LogP contribution in [0.15, 0.2) is 60.7 Å². The van der Waals surface area contributed by atoms with Crippen LogP contribution in [-0.4, -0.2) is 35.2 Å². The van der Waals surface area contributed by atoms with Crippen LogP contribution in [0, 0.1) is 0 Å². The number of nitrogens with two attached hydrogens (primary N) is 1. The van der Waals surface area contributed by atoms with Gasteiger partial charge >= 0.3 is 0 Å². The number of nitrogen functional groups attached to an aromatic ring is 1. The number of hydrogen-bond donors (Lipinski definition) is 2. The maximum atomic E-state index is 5.89. The Hall–Kier alpha value is -3.53. The number of hydrogen-bond acceptors (Lipinski definition) is 9. The molecule has 2 heterocycles. The number of nitrogens with one attached hydrogen (secondary N) is 1. The molecule has 4 rings (SSSR count). The molecule has 0 aliphatic heterocycles. The van der Waals surface area contributed by atoms with Gasteiger partial charge < -0.3 is 11.1 Å². The Morgan fingerprint density at radius 3 is 2.48 bits per heavy atom. The van der Waals surface area contributed by atoms with Crippen molar-refractivity contribution in [1.29, 1.82) is 0 Å². The van der Waals surface area contributed by atoms with E-state index in [1.54, 1.807) is 16.4 Å². The lowest BCUT2D eigenvalue weighted by atomic mass is 10.3. The molecule has 4 aromatic rings. The van der Waals surface area contributed by atoms with Gasteiger partial charge in [-0.3, -0.25) is 0 Å². The van der Waals surface area contributed by atoms with Gasteiger partial charge in [-0.2, -0.15) is 19.6 Å². The van der Waals surface area contributed by atoms with Gasteiger partial charge in [-0.25, -0.2) is 0 Å². The summed E-state index contributed by atoms with van der Waals surface area (Å²) in [6, 6.07) is 19.5. The zero-order valence-corrected chi connectivity index (χ0v) is 16.5. The molecule has 0 aliphatic carbocycles. The van der Waals surface area contributed by atoms with Crippen LogP contribution in [0.5, 0.6) is 0 Å². The SMILES string of the molecule is CC(SCc1nnnn1-c1ccccc1)c1nc(N)nc(Nc2ccccc2)n1. The molecule has 146 valence electrons. The normalized spacial score (nSPS) is 11.9. The van der Waals surface area contributed by atoms with E-state index in [0.717, 1.165) is 17.2 Å². The third kappa shape index (κ3) is 4.66. The van der Waals surface area contributed by atoms with E-state index in [9.17, 15) is 0 Å². The summed E-state index contributed by atoms with van der Waals surface area (Å²) in [6.45, 7) is 2.02. The second kappa shape index (κ2) is 8.65. The van der Waals surface area contributed by atoms with Crippen LogP contribution in [0.25, 0.3) is 5.69 Å². The van der Waals surface area contributed by atoms with E-state index in [-0.39, 0.29) is 11.2 Å².